The van der Waals surface area contributed by atoms with Crippen molar-refractivity contribution < 1.29 is 22.7 Å². The molecule has 1 aliphatic heterocycles. The Morgan fingerprint density at radius 2 is 1.66 bits per heavy atom. The van der Waals surface area contributed by atoms with Gasteiger partial charge in [0.15, 0.2) is 11.5 Å². The third-order valence-corrected chi connectivity index (χ3v) is 6.35. The molecule has 0 radical (unpaired) electrons. The quantitative estimate of drug-likeness (QED) is 0.509. The van der Waals surface area contributed by atoms with E-state index in [2.05, 4.69) is 22.2 Å². The normalized spacial score (nSPS) is 12.8. The fourth-order valence-corrected chi connectivity index (χ4v) is 4.43. The molecule has 1 aliphatic rings. The Labute approximate surface area is 187 Å². The van der Waals surface area contributed by atoms with E-state index in [9.17, 15) is 13.2 Å². The molecule has 0 unspecified atom stereocenters. The van der Waals surface area contributed by atoms with E-state index in [0.29, 0.717) is 42.5 Å². The lowest BCUT2D eigenvalue weighted by molar-refractivity contribution is 0.0953. The first kappa shape index (κ1) is 21.7. The van der Waals surface area contributed by atoms with Gasteiger partial charge in [0.1, 0.15) is 13.2 Å². The van der Waals surface area contributed by atoms with E-state index >= 15 is 0 Å². The average molecular weight is 453 g/mol. The molecule has 0 fully saturated rings. The largest absolute Gasteiger partial charge is 0.486 e. The summed E-state index contributed by atoms with van der Waals surface area (Å²) in [5.41, 5.74) is 1.90. The summed E-state index contributed by atoms with van der Waals surface area (Å²) in [5, 5.41) is 2.88. The maximum atomic E-state index is 12.8. The number of hydrogen-bond donors (Lipinski definition) is 2. The average Bonchev–Trinajstić information content (AvgIpc) is 2.82. The number of aryl methyl sites for hydroxylation is 1. The monoisotopic (exact) mass is 452 g/mol. The van der Waals surface area contributed by atoms with Crippen LogP contribution in [0.3, 0.4) is 0 Å². The lowest BCUT2D eigenvalue weighted by Crippen LogP contribution is -2.25. The molecule has 0 spiro atoms. The summed E-state index contributed by atoms with van der Waals surface area (Å²) in [4.78, 5) is 12.5. The molecule has 1 heterocycles. The Kier molecular flexibility index (Phi) is 6.61. The van der Waals surface area contributed by atoms with Crippen molar-refractivity contribution in [2.45, 2.75) is 17.7 Å². The topological polar surface area (TPSA) is 93.7 Å². The fourth-order valence-electron chi connectivity index (χ4n) is 3.37. The number of nitrogens with one attached hydrogen (secondary N) is 2. The van der Waals surface area contributed by atoms with E-state index in [1.165, 1.54) is 23.8 Å². The molecule has 0 aromatic heterocycles. The molecule has 32 heavy (non-hydrogen) atoms. The molecule has 166 valence electrons. The predicted octanol–water partition coefficient (Wildman–Crippen LogP) is 3.62. The van der Waals surface area contributed by atoms with Crippen LogP contribution >= 0.6 is 0 Å². The molecule has 2 N–H and O–H groups in total. The molecule has 0 saturated heterocycles. The zero-order chi connectivity index (χ0) is 22.4. The zero-order valence-corrected chi connectivity index (χ0v) is 18.2. The predicted molar refractivity (Wildman–Crippen MR) is 122 cm³/mol. The summed E-state index contributed by atoms with van der Waals surface area (Å²) >= 11 is 0. The number of amides is 1. The van der Waals surface area contributed by atoms with E-state index < -0.39 is 10.0 Å². The van der Waals surface area contributed by atoms with Crippen LogP contribution in [0.1, 0.15) is 22.3 Å². The number of anilines is 1. The Hall–Kier alpha value is -3.52. The number of benzene rings is 3. The minimum Gasteiger partial charge on any atom is -0.486 e. The zero-order valence-electron chi connectivity index (χ0n) is 17.4. The van der Waals surface area contributed by atoms with Crippen LogP contribution in [0, 0.1) is 0 Å². The van der Waals surface area contributed by atoms with Crippen molar-refractivity contribution in [3.63, 3.8) is 0 Å². The van der Waals surface area contributed by atoms with Crippen LogP contribution < -0.4 is 19.5 Å². The van der Waals surface area contributed by atoms with Crippen LogP contribution in [0.4, 0.5) is 5.69 Å². The fraction of sp³-hybridized carbons (Fsp3) is 0.208. The summed E-state index contributed by atoms with van der Waals surface area (Å²) in [6.07, 6.45) is 1.68. The van der Waals surface area contributed by atoms with Gasteiger partial charge in [-0.3, -0.25) is 9.52 Å². The third kappa shape index (κ3) is 5.39. The number of hydrogen-bond acceptors (Lipinski definition) is 5. The number of carbonyl (C=O) groups is 1. The molecule has 8 heteroatoms. The lowest BCUT2D eigenvalue weighted by Gasteiger charge is -2.19. The molecule has 7 nitrogen and oxygen atoms in total. The minimum atomic E-state index is -3.86. The molecule has 3 aromatic carbocycles. The maximum absolute atomic E-state index is 12.8. The summed E-state index contributed by atoms with van der Waals surface area (Å²) in [7, 11) is -3.86. The second-order valence-corrected chi connectivity index (χ2v) is 9.02. The molecule has 0 aliphatic carbocycles. The van der Waals surface area contributed by atoms with Crippen molar-refractivity contribution >= 4 is 21.6 Å². The number of carbonyl (C=O) groups excluding carboxylic acids is 1. The van der Waals surface area contributed by atoms with Gasteiger partial charge in [-0.1, -0.05) is 36.4 Å². The molecule has 3 aromatic rings. The molecular weight excluding hydrogens is 428 g/mol. The van der Waals surface area contributed by atoms with Gasteiger partial charge in [0.25, 0.3) is 15.9 Å². The van der Waals surface area contributed by atoms with Gasteiger partial charge in [-0.25, -0.2) is 8.42 Å². The number of fused-ring (bicyclic) bond motifs is 1. The second-order valence-electron chi connectivity index (χ2n) is 7.34. The van der Waals surface area contributed by atoms with Crippen LogP contribution in [0.15, 0.2) is 77.7 Å². The molecule has 0 bridgehead atoms. The van der Waals surface area contributed by atoms with Gasteiger partial charge in [0.2, 0.25) is 0 Å². The standard InChI is InChI=1S/C24H24N2O5S/c27-24(25-13-5-8-18-6-2-1-3-7-18)19-9-4-10-20(16-19)26-32(28,29)21-11-12-22-23(17-21)31-15-14-30-22/h1-4,6-7,9-12,16-17,26H,5,8,13-15H2,(H,25,27). The maximum Gasteiger partial charge on any atom is 0.262 e. The summed E-state index contributed by atoms with van der Waals surface area (Å²) in [6, 6.07) is 20.9. The smallest absolute Gasteiger partial charge is 0.262 e. The van der Waals surface area contributed by atoms with Gasteiger partial charge < -0.3 is 14.8 Å². The van der Waals surface area contributed by atoms with Gasteiger partial charge in [-0.15, -0.1) is 0 Å². The van der Waals surface area contributed by atoms with Gasteiger partial charge in [0.05, 0.1) is 4.90 Å². The first-order valence-electron chi connectivity index (χ1n) is 10.4. The molecular formula is C24H24N2O5S. The van der Waals surface area contributed by atoms with Crippen molar-refractivity contribution in [2.24, 2.45) is 0 Å². The summed E-state index contributed by atoms with van der Waals surface area (Å²) in [6.45, 7) is 1.33. The number of sulfonamides is 1. The van der Waals surface area contributed by atoms with Crippen LogP contribution in [0.5, 0.6) is 11.5 Å². The highest BCUT2D eigenvalue weighted by Crippen LogP contribution is 2.32. The third-order valence-electron chi connectivity index (χ3n) is 4.97. The Morgan fingerprint density at radius 3 is 2.47 bits per heavy atom. The number of ether oxygens (including phenoxy) is 2. The summed E-state index contributed by atoms with van der Waals surface area (Å²) < 4.78 is 39.0. The van der Waals surface area contributed by atoms with Crippen LogP contribution in [0.25, 0.3) is 0 Å². The Morgan fingerprint density at radius 1 is 0.875 bits per heavy atom. The van der Waals surface area contributed by atoms with E-state index in [-0.39, 0.29) is 10.8 Å². The molecule has 0 atom stereocenters. The highest BCUT2D eigenvalue weighted by atomic mass is 32.2. The highest BCUT2D eigenvalue weighted by Gasteiger charge is 2.20. The SMILES string of the molecule is O=C(NCCCc1ccccc1)c1cccc(NS(=O)(=O)c2ccc3c(c2)OCCO3)c1. The van der Waals surface area contributed by atoms with Crippen molar-refractivity contribution in [1.82, 2.24) is 5.32 Å². The van der Waals surface area contributed by atoms with E-state index in [0.717, 1.165) is 12.8 Å². The van der Waals surface area contributed by atoms with Gasteiger partial charge >= 0.3 is 0 Å². The first-order valence-corrected chi connectivity index (χ1v) is 11.8. The Balaban J connectivity index is 1.37. The minimum absolute atomic E-state index is 0.0533. The van der Waals surface area contributed by atoms with Crippen molar-refractivity contribution in [1.29, 1.82) is 0 Å². The number of rotatable bonds is 8. The lowest BCUT2D eigenvalue weighted by atomic mass is 10.1. The van der Waals surface area contributed by atoms with Crippen LogP contribution in [-0.4, -0.2) is 34.1 Å². The van der Waals surface area contributed by atoms with E-state index in [1.807, 2.05) is 18.2 Å². The molecule has 1 amide bonds. The van der Waals surface area contributed by atoms with Crippen LogP contribution in [0.2, 0.25) is 0 Å². The van der Waals surface area contributed by atoms with Gasteiger partial charge in [-0.05, 0) is 48.7 Å². The molecule has 4 rings (SSSR count). The van der Waals surface area contributed by atoms with Gasteiger partial charge in [0, 0.05) is 23.9 Å². The summed E-state index contributed by atoms with van der Waals surface area (Å²) in [5.74, 6) is 0.655. The highest BCUT2D eigenvalue weighted by molar-refractivity contribution is 7.92. The van der Waals surface area contributed by atoms with E-state index in [1.54, 1.807) is 24.3 Å². The van der Waals surface area contributed by atoms with Crippen LogP contribution in [-0.2, 0) is 16.4 Å². The van der Waals surface area contributed by atoms with Crippen molar-refractivity contribution in [2.75, 3.05) is 24.5 Å². The van der Waals surface area contributed by atoms with Gasteiger partial charge in [-0.2, -0.15) is 0 Å². The van der Waals surface area contributed by atoms with E-state index in [4.69, 9.17) is 9.47 Å². The second kappa shape index (κ2) is 9.74. The molecule has 0 saturated carbocycles. The first-order chi connectivity index (χ1) is 15.5. The van der Waals surface area contributed by atoms with Crippen molar-refractivity contribution in [3.8, 4) is 11.5 Å². The Bertz CT molecular complexity index is 1200. The van der Waals surface area contributed by atoms with Crippen molar-refractivity contribution in [3.05, 3.63) is 83.9 Å².